The van der Waals surface area contributed by atoms with Crippen LogP contribution >= 0.6 is 0 Å². The third-order valence-corrected chi connectivity index (χ3v) is 9.64. The Labute approximate surface area is 316 Å². The number of allylic oxidation sites excluding steroid dienone is 1. The highest BCUT2D eigenvalue weighted by Gasteiger charge is 2.18. The van der Waals surface area contributed by atoms with Gasteiger partial charge in [-0.3, -0.25) is 4.79 Å². The van der Waals surface area contributed by atoms with Gasteiger partial charge in [-0.2, -0.15) is 0 Å². The van der Waals surface area contributed by atoms with Crippen molar-refractivity contribution in [2.75, 3.05) is 7.11 Å². The summed E-state index contributed by atoms with van der Waals surface area (Å²) >= 11 is 0. The molecule has 0 aromatic carbocycles. The van der Waals surface area contributed by atoms with Gasteiger partial charge in [0.05, 0.1) is 0 Å². The number of amides is 1. The molecule has 0 heterocycles. The van der Waals surface area contributed by atoms with Crippen molar-refractivity contribution in [3.63, 3.8) is 0 Å². The van der Waals surface area contributed by atoms with Gasteiger partial charge in [0.15, 0.2) is 6.23 Å². The van der Waals surface area contributed by atoms with Crippen LogP contribution in [0.5, 0.6) is 0 Å². The molecule has 2 atom stereocenters. The van der Waals surface area contributed by atoms with Gasteiger partial charge in [0.2, 0.25) is 5.91 Å². The average molecular weight is 710 g/mol. The smallest absolute Gasteiger partial charge is 0.222 e. The molecule has 0 aliphatic heterocycles. The van der Waals surface area contributed by atoms with E-state index in [4.69, 9.17) is 4.74 Å². The Kier molecular flexibility index (Phi) is 53.7. The van der Waals surface area contributed by atoms with Crippen LogP contribution in [0.2, 0.25) is 0 Å². The minimum atomic E-state index is -0.803. The van der Waals surface area contributed by atoms with Gasteiger partial charge >= 0.3 is 0 Å². The van der Waals surface area contributed by atoms with Gasteiger partial charge in [-0.15, -0.1) is 0 Å². The van der Waals surface area contributed by atoms with Gasteiger partial charge in [0.25, 0.3) is 0 Å². The van der Waals surface area contributed by atoms with E-state index in [1.807, 2.05) is 6.08 Å². The molecule has 0 fully saturated rings. The number of methoxy groups -OCH3 is 1. The maximum atomic E-state index is 12.3. The highest BCUT2D eigenvalue weighted by atomic mass is 16.5. The average Bonchev–Trinajstić information content (AvgIpc) is 3.13. The number of ether oxygens (including phenoxy) is 1. The molecule has 4 nitrogen and oxygen atoms in total. The zero-order valence-electron chi connectivity index (χ0n) is 35.6. The first kappa shape index (κ1) is 53.5. The lowest BCUT2D eigenvalue weighted by Crippen LogP contribution is -2.43. The van der Waals surface area contributed by atoms with E-state index in [1.165, 1.54) is 193 Å². The molecule has 0 aromatic heterocycles. The minimum Gasteiger partial charge on any atom is -0.384 e. The minimum absolute atomic E-state index is 0.0308. The first-order valence-corrected chi connectivity index (χ1v) is 22.6. The molecule has 0 spiro atoms. The monoisotopic (exact) mass is 710 g/mol. The van der Waals surface area contributed by atoms with Crippen molar-refractivity contribution < 1.29 is 14.6 Å². The molecule has 50 heavy (non-hydrogen) atoms. The molecule has 0 unspecified atom stereocenters. The Bertz CT molecular complexity index is 615. The van der Waals surface area contributed by atoms with Gasteiger partial charge < -0.3 is 15.2 Å². The molecule has 0 saturated heterocycles. The molecule has 0 aromatic rings. The molecule has 0 aliphatic rings. The summed E-state index contributed by atoms with van der Waals surface area (Å²) in [4.78, 5) is 12.3. The number of hydrogen-bond donors (Lipinski definition) is 2. The lowest BCUT2D eigenvalue weighted by molar-refractivity contribution is -0.127. The van der Waals surface area contributed by atoms with Gasteiger partial charge in [0.1, 0.15) is 6.10 Å². The van der Waals surface area contributed by atoms with Crippen molar-refractivity contribution in [2.45, 2.75) is 272 Å². The summed E-state index contributed by atoms with van der Waals surface area (Å²) in [6, 6.07) is 0. The third-order valence-electron chi connectivity index (χ3n) is 9.64. The van der Waals surface area contributed by atoms with Crippen LogP contribution in [0.15, 0.2) is 12.2 Å². The van der Waals surface area contributed by atoms with Crippen molar-refractivity contribution in [3.05, 3.63) is 12.2 Å². The predicted molar refractivity (Wildman–Crippen MR) is 225 cm³/mol. The second-order valence-electron chi connectivity index (χ2n) is 14.9. The zero-order chi connectivity index (χ0) is 37.6. The molecule has 302 valence electrons. The first-order valence-electron chi connectivity index (χ1n) is 22.6. The molecule has 0 rings (SSSR count). The van der Waals surface area contributed by atoms with Crippen LogP contribution < -0.4 is 5.32 Å². The Hall–Kier alpha value is -0.870. The van der Waals surface area contributed by atoms with Gasteiger partial charge in [-0.1, -0.05) is 246 Å². The van der Waals surface area contributed by atoms with Crippen LogP contribution in [0, 0.1) is 0 Å². The van der Waals surface area contributed by atoms with Crippen LogP contribution in [0.1, 0.15) is 260 Å². The maximum absolute atomic E-state index is 12.3. The topological polar surface area (TPSA) is 58.6 Å². The number of hydrogen-bond acceptors (Lipinski definition) is 3. The van der Waals surface area contributed by atoms with E-state index < -0.39 is 12.3 Å². The molecular weight excluding hydrogens is 615 g/mol. The lowest BCUT2D eigenvalue weighted by Gasteiger charge is -2.20. The van der Waals surface area contributed by atoms with Crippen molar-refractivity contribution >= 4 is 5.91 Å². The van der Waals surface area contributed by atoms with Crippen LogP contribution in [0.25, 0.3) is 0 Å². The number of unbranched alkanes of at least 4 members (excludes halogenated alkanes) is 29. The zero-order valence-corrected chi connectivity index (χ0v) is 35.6. The SMILES string of the molecule is CCCC.CCCCCCCC.CCCCCCCCCCCCCCC/C=C/[C@@H](O)[C@H](NC(=O)CCCCCCCCCCCCC)OC. The Balaban J connectivity index is -0.00000156. The Morgan fingerprint density at radius 1 is 0.480 bits per heavy atom. The summed E-state index contributed by atoms with van der Waals surface area (Å²) in [6.45, 7) is 13.4. The largest absolute Gasteiger partial charge is 0.384 e. The molecule has 2 N–H and O–H groups in total. The fourth-order valence-electron chi connectivity index (χ4n) is 5.93. The predicted octanol–water partition coefficient (Wildman–Crippen LogP) is 15.3. The number of carbonyl (C=O) groups is 1. The molecule has 1 amide bonds. The molecule has 0 saturated carbocycles. The quantitative estimate of drug-likeness (QED) is 0.0387. The third kappa shape index (κ3) is 49.2. The summed E-state index contributed by atoms with van der Waals surface area (Å²) in [7, 11) is 1.54. The molecule has 0 bridgehead atoms. The summed E-state index contributed by atoms with van der Waals surface area (Å²) in [5.74, 6) is -0.0308. The molecule has 0 aliphatic carbocycles. The van der Waals surface area contributed by atoms with E-state index in [2.05, 4.69) is 46.9 Å². The summed E-state index contributed by atoms with van der Waals surface area (Å²) in [6.07, 6.45) is 46.6. The number of aliphatic hydroxyl groups is 1. The fraction of sp³-hybridized carbons (Fsp3) is 0.935. The second-order valence-corrected chi connectivity index (χ2v) is 14.9. The Morgan fingerprint density at radius 2 is 0.780 bits per heavy atom. The number of carbonyl (C=O) groups excluding carboxylic acids is 1. The fourth-order valence-corrected chi connectivity index (χ4v) is 5.93. The van der Waals surface area contributed by atoms with Crippen molar-refractivity contribution in [1.29, 1.82) is 0 Å². The molecule has 4 heteroatoms. The maximum Gasteiger partial charge on any atom is 0.222 e. The summed E-state index contributed by atoms with van der Waals surface area (Å²) in [5, 5.41) is 13.2. The van der Waals surface area contributed by atoms with Gasteiger partial charge in [0, 0.05) is 13.5 Å². The number of aliphatic hydroxyl groups excluding tert-OH is 1. The highest BCUT2D eigenvalue weighted by molar-refractivity contribution is 5.76. The lowest BCUT2D eigenvalue weighted by atomic mass is 10.0. The Morgan fingerprint density at radius 3 is 1.08 bits per heavy atom. The standard InChI is InChI=1S/C34H67NO3.C8H18.C4H10/c1-4-6-8-10-12-14-16-17-18-19-21-22-24-26-28-30-32(36)34(38-3)35-33(37)31-29-27-25-23-20-15-13-11-9-7-5-2;1-3-5-7-8-6-4-2;1-3-4-2/h28,30,32,34,36H,4-27,29,31H2,1-3H3,(H,35,37);3-8H2,1-2H3;3-4H2,1-2H3/b30-28+;;/t32-,34-;;/m1../s1. The van der Waals surface area contributed by atoms with Crippen molar-refractivity contribution in [1.82, 2.24) is 5.32 Å². The van der Waals surface area contributed by atoms with Crippen LogP contribution in [-0.2, 0) is 9.53 Å². The first-order chi connectivity index (χ1) is 24.5. The van der Waals surface area contributed by atoms with Crippen LogP contribution in [-0.4, -0.2) is 30.5 Å². The normalized spacial score (nSPS) is 12.2. The van der Waals surface area contributed by atoms with E-state index >= 15 is 0 Å². The summed E-state index contributed by atoms with van der Waals surface area (Å²) in [5.41, 5.74) is 0. The summed E-state index contributed by atoms with van der Waals surface area (Å²) < 4.78 is 5.33. The van der Waals surface area contributed by atoms with E-state index in [1.54, 1.807) is 6.08 Å². The number of nitrogens with one attached hydrogen (secondary N) is 1. The van der Waals surface area contributed by atoms with Crippen molar-refractivity contribution in [2.24, 2.45) is 0 Å². The highest BCUT2D eigenvalue weighted by Crippen LogP contribution is 2.14. The van der Waals surface area contributed by atoms with E-state index in [0.717, 1.165) is 25.7 Å². The van der Waals surface area contributed by atoms with E-state index in [9.17, 15) is 9.90 Å². The van der Waals surface area contributed by atoms with Crippen LogP contribution in [0.3, 0.4) is 0 Å². The van der Waals surface area contributed by atoms with Crippen molar-refractivity contribution in [3.8, 4) is 0 Å². The van der Waals surface area contributed by atoms with Gasteiger partial charge in [-0.05, 0) is 19.3 Å². The molecular formula is C46H95NO3. The van der Waals surface area contributed by atoms with E-state index in [-0.39, 0.29) is 5.91 Å². The second kappa shape index (κ2) is 50.2. The molecule has 0 radical (unpaired) electrons. The van der Waals surface area contributed by atoms with Gasteiger partial charge in [-0.25, -0.2) is 0 Å². The van der Waals surface area contributed by atoms with E-state index in [0.29, 0.717) is 6.42 Å². The number of rotatable bonds is 36. The van der Waals surface area contributed by atoms with Crippen LogP contribution in [0.4, 0.5) is 0 Å².